The molecule has 3 amide bonds. The first kappa shape index (κ1) is 23.6. The molecule has 0 aromatic heterocycles. The van der Waals surface area contributed by atoms with Gasteiger partial charge in [-0.2, -0.15) is 0 Å². The molecule has 0 radical (unpaired) electrons. The van der Waals surface area contributed by atoms with Crippen LogP contribution in [0.4, 0.5) is 13.6 Å². The Morgan fingerprint density at radius 1 is 1.15 bits per heavy atom. The predicted molar refractivity (Wildman–Crippen MR) is 114 cm³/mol. The van der Waals surface area contributed by atoms with Crippen LogP contribution in [0, 0.1) is 11.6 Å². The van der Waals surface area contributed by atoms with E-state index >= 15 is 0 Å². The van der Waals surface area contributed by atoms with Gasteiger partial charge in [0.25, 0.3) is 5.91 Å². The van der Waals surface area contributed by atoms with E-state index in [0.29, 0.717) is 5.56 Å². The molecule has 0 saturated heterocycles. The van der Waals surface area contributed by atoms with Crippen LogP contribution in [0.2, 0.25) is 0 Å². The molecule has 0 fully saturated rings. The minimum atomic E-state index is -1.45. The van der Waals surface area contributed by atoms with Crippen molar-refractivity contribution in [3.05, 3.63) is 71.4 Å². The van der Waals surface area contributed by atoms with Gasteiger partial charge in [0.05, 0.1) is 12.5 Å². The number of hydrogen-bond donors (Lipinski definition) is 3. The summed E-state index contributed by atoms with van der Waals surface area (Å²) in [6.45, 7) is 1.50. The standard InChI is InChI=1S/C23H21F2N3O5/c1-12-11-28(2)22(32)20(21(12)31)27-23(33)26-18(10-19(29)30)14-5-3-4-13(8-14)16-9-15(24)6-7-17(16)25/h3-9,11,18,20H,10H2,1-2H3,(H,29,30)(H2,26,27,33). The van der Waals surface area contributed by atoms with Crippen molar-refractivity contribution >= 4 is 23.7 Å². The average Bonchev–Trinajstić information content (AvgIpc) is 2.76. The highest BCUT2D eigenvalue weighted by Gasteiger charge is 2.35. The number of nitrogens with zero attached hydrogens (tertiary/aromatic N) is 1. The van der Waals surface area contributed by atoms with E-state index in [2.05, 4.69) is 10.6 Å². The van der Waals surface area contributed by atoms with Gasteiger partial charge in [-0.25, -0.2) is 13.6 Å². The second-order valence-corrected chi connectivity index (χ2v) is 7.58. The summed E-state index contributed by atoms with van der Waals surface area (Å²) < 4.78 is 27.8. The number of benzene rings is 2. The van der Waals surface area contributed by atoms with Gasteiger partial charge in [-0.1, -0.05) is 18.2 Å². The van der Waals surface area contributed by atoms with E-state index in [-0.39, 0.29) is 16.7 Å². The molecular formula is C23H21F2N3O5. The fourth-order valence-electron chi connectivity index (χ4n) is 3.49. The number of Topliss-reactive ketones (excluding diaryl/α,β-unsaturated/α-hetero) is 1. The number of urea groups is 1. The van der Waals surface area contributed by atoms with Crippen LogP contribution < -0.4 is 10.6 Å². The summed E-state index contributed by atoms with van der Waals surface area (Å²) in [7, 11) is 1.44. The van der Waals surface area contributed by atoms with E-state index in [4.69, 9.17) is 0 Å². The zero-order valence-corrected chi connectivity index (χ0v) is 17.8. The van der Waals surface area contributed by atoms with Crippen LogP contribution in [0.25, 0.3) is 11.1 Å². The number of nitrogens with one attached hydrogen (secondary N) is 2. The maximum Gasteiger partial charge on any atom is 0.316 e. The van der Waals surface area contributed by atoms with Crippen molar-refractivity contribution in [2.75, 3.05) is 7.05 Å². The van der Waals surface area contributed by atoms with Crippen LogP contribution in [-0.4, -0.2) is 46.8 Å². The number of carbonyl (C=O) groups excluding carboxylic acids is 3. The third kappa shape index (κ3) is 5.40. The number of hydrogen-bond acceptors (Lipinski definition) is 4. The van der Waals surface area contributed by atoms with Crippen LogP contribution in [0.15, 0.2) is 54.2 Å². The Labute approximate surface area is 187 Å². The number of rotatable bonds is 6. The van der Waals surface area contributed by atoms with E-state index < -0.39 is 53.8 Å². The molecule has 1 heterocycles. The molecule has 2 aromatic carbocycles. The Kier molecular flexibility index (Phi) is 6.86. The fraction of sp³-hybridized carbons (Fsp3) is 0.217. The highest BCUT2D eigenvalue weighted by atomic mass is 19.1. The lowest BCUT2D eigenvalue weighted by Gasteiger charge is -2.27. The first-order valence-corrected chi connectivity index (χ1v) is 9.90. The Hall–Kier alpha value is -4.08. The zero-order valence-electron chi connectivity index (χ0n) is 17.8. The van der Waals surface area contributed by atoms with Gasteiger partial charge in [0.2, 0.25) is 0 Å². The molecule has 10 heteroatoms. The number of aliphatic carboxylic acids is 1. The quantitative estimate of drug-likeness (QED) is 0.577. The molecule has 2 aromatic rings. The number of amides is 3. The van der Waals surface area contributed by atoms with E-state index in [1.165, 1.54) is 49.3 Å². The maximum absolute atomic E-state index is 14.2. The highest BCUT2D eigenvalue weighted by molar-refractivity contribution is 6.16. The molecule has 3 rings (SSSR count). The number of ketones is 1. The van der Waals surface area contributed by atoms with Crippen LogP contribution in [0.3, 0.4) is 0 Å². The van der Waals surface area contributed by atoms with Gasteiger partial charge >= 0.3 is 12.0 Å². The molecule has 3 N–H and O–H groups in total. The summed E-state index contributed by atoms with van der Waals surface area (Å²) in [5.41, 5.74) is 0.832. The predicted octanol–water partition coefficient (Wildman–Crippen LogP) is 2.76. The zero-order chi connectivity index (χ0) is 24.3. The lowest BCUT2D eigenvalue weighted by molar-refractivity contribution is -0.138. The molecular weight excluding hydrogens is 436 g/mol. The van der Waals surface area contributed by atoms with Crippen LogP contribution in [0.1, 0.15) is 24.9 Å². The first-order valence-electron chi connectivity index (χ1n) is 9.90. The number of carboxylic acids is 1. The lowest BCUT2D eigenvalue weighted by Crippen LogP contribution is -2.56. The SMILES string of the molecule is CC1=CN(C)C(=O)C(NC(=O)NC(CC(=O)O)c2cccc(-c3cc(F)ccc3F)c2)C1=O. The summed E-state index contributed by atoms with van der Waals surface area (Å²) in [6, 6.07) is 5.49. The molecule has 2 unspecified atom stereocenters. The van der Waals surface area contributed by atoms with Gasteiger partial charge in [0, 0.05) is 24.4 Å². The lowest BCUT2D eigenvalue weighted by atomic mass is 9.97. The minimum Gasteiger partial charge on any atom is -0.481 e. The molecule has 1 aliphatic rings. The van der Waals surface area contributed by atoms with E-state index in [0.717, 1.165) is 18.2 Å². The molecule has 2 atom stereocenters. The van der Waals surface area contributed by atoms with Crippen molar-refractivity contribution in [1.82, 2.24) is 15.5 Å². The summed E-state index contributed by atoms with van der Waals surface area (Å²) >= 11 is 0. The number of likely N-dealkylation sites (N-methyl/N-ethyl adjacent to an activating group) is 1. The molecule has 0 aliphatic carbocycles. The number of carboxylic acid groups (broad SMARTS) is 1. The molecule has 0 bridgehead atoms. The summed E-state index contributed by atoms with van der Waals surface area (Å²) in [6.07, 6.45) is 0.818. The van der Waals surface area contributed by atoms with Crippen LogP contribution in [0.5, 0.6) is 0 Å². The van der Waals surface area contributed by atoms with E-state index in [1.807, 2.05) is 0 Å². The van der Waals surface area contributed by atoms with Crippen LogP contribution >= 0.6 is 0 Å². The second-order valence-electron chi connectivity index (χ2n) is 7.58. The average molecular weight is 457 g/mol. The smallest absolute Gasteiger partial charge is 0.316 e. The summed E-state index contributed by atoms with van der Waals surface area (Å²) in [5, 5.41) is 14.0. The van der Waals surface area contributed by atoms with Crippen molar-refractivity contribution in [2.24, 2.45) is 0 Å². The van der Waals surface area contributed by atoms with Crippen molar-refractivity contribution in [3.8, 4) is 11.1 Å². The van der Waals surface area contributed by atoms with Gasteiger partial charge in [-0.15, -0.1) is 0 Å². The third-order valence-corrected chi connectivity index (χ3v) is 5.12. The Bertz CT molecular complexity index is 1160. The van der Waals surface area contributed by atoms with Crippen molar-refractivity contribution in [2.45, 2.75) is 25.4 Å². The number of carbonyl (C=O) groups is 4. The van der Waals surface area contributed by atoms with Crippen molar-refractivity contribution in [3.63, 3.8) is 0 Å². The monoisotopic (exact) mass is 457 g/mol. The topological polar surface area (TPSA) is 116 Å². The fourth-order valence-corrected chi connectivity index (χ4v) is 3.49. The Balaban J connectivity index is 1.85. The van der Waals surface area contributed by atoms with Crippen molar-refractivity contribution in [1.29, 1.82) is 0 Å². The molecule has 0 saturated carbocycles. The summed E-state index contributed by atoms with van der Waals surface area (Å²) in [5.74, 6) is -3.76. The third-order valence-electron chi connectivity index (χ3n) is 5.12. The molecule has 33 heavy (non-hydrogen) atoms. The van der Waals surface area contributed by atoms with Gasteiger partial charge < -0.3 is 20.6 Å². The highest BCUT2D eigenvalue weighted by Crippen LogP contribution is 2.27. The van der Waals surface area contributed by atoms with Gasteiger partial charge in [0.1, 0.15) is 11.6 Å². The molecule has 0 spiro atoms. The maximum atomic E-state index is 14.2. The molecule has 8 nitrogen and oxygen atoms in total. The molecule has 1 aliphatic heterocycles. The second kappa shape index (κ2) is 9.60. The van der Waals surface area contributed by atoms with Crippen molar-refractivity contribution < 1.29 is 33.1 Å². The number of halogens is 2. The Morgan fingerprint density at radius 2 is 1.88 bits per heavy atom. The summed E-state index contributed by atoms with van der Waals surface area (Å²) in [4.78, 5) is 49.7. The largest absolute Gasteiger partial charge is 0.481 e. The van der Waals surface area contributed by atoms with Crippen LogP contribution in [-0.2, 0) is 14.4 Å². The van der Waals surface area contributed by atoms with Gasteiger partial charge in [-0.05, 0) is 42.3 Å². The minimum absolute atomic E-state index is 0.0286. The van der Waals surface area contributed by atoms with E-state index in [1.54, 1.807) is 0 Å². The van der Waals surface area contributed by atoms with Gasteiger partial charge in [-0.3, -0.25) is 14.4 Å². The Morgan fingerprint density at radius 3 is 2.58 bits per heavy atom. The molecule has 172 valence electrons. The van der Waals surface area contributed by atoms with Gasteiger partial charge in [0.15, 0.2) is 11.8 Å². The van der Waals surface area contributed by atoms with E-state index in [9.17, 15) is 33.1 Å². The first-order chi connectivity index (χ1) is 15.6. The normalized spacial score (nSPS) is 16.8.